The largest absolute Gasteiger partial charge is 0.322 e. The quantitative estimate of drug-likeness (QED) is 0.247. The number of para-hydroxylation sites is 1. The van der Waals surface area contributed by atoms with Gasteiger partial charge in [0.25, 0.3) is 26.0 Å². The summed E-state index contributed by atoms with van der Waals surface area (Å²) in [7, 11) is -7.68. The van der Waals surface area contributed by atoms with Crippen LogP contribution in [0.4, 0.5) is 17.1 Å². The lowest BCUT2D eigenvalue weighted by molar-refractivity contribution is 0.102. The van der Waals surface area contributed by atoms with Crippen molar-refractivity contribution in [3.63, 3.8) is 0 Å². The minimum Gasteiger partial charge on any atom is -0.322 e. The van der Waals surface area contributed by atoms with Crippen molar-refractivity contribution in [3.05, 3.63) is 113 Å². The first-order valence-corrected chi connectivity index (χ1v) is 14.7. The SMILES string of the molecule is Cc1ccc(S(=O)(=O)Nc2ccc(C(=O)Nc3ccc(S(=O)(=O)Nc4ccccc4C)cc3)cc2Cl)cc1. The predicted octanol–water partition coefficient (Wildman–Crippen LogP) is 5.81. The van der Waals surface area contributed by atoms with Gasteiger partial charge in [0.1, 0.15) is 0 Å². The molecule has 0 aliphatic carbocycles. The molecule has 11 heteroatoms. The molecule has 38 heavy (non-hydrogen) atoms. The number of halogens is 1. The van der Waals surface area contributed by atoms with Gasteiger partial charge in [-0.3, -0.25) is 14.2 Å². The van der Waals surface area contributed by atoms with Gasteiger partial charge < -0.3 is 5.32 Å². The van der Waals surface area contributed by atoms with Crippen LogP contribution in [-0.2, 0) is 20.0 Å². The molecule has 0 saturated carbocycles. The second kappa shape index (κ2) is 10.9. The van der Waals surface area contributed by atoms with Crippen LogP contribution in [-0.4, -0.2) is 22.7 Å². The molecule has 1 amide bonds. The summed E-state index contributed by atoms with van der Waals surface area (Å²) in [5.41, 5.74) is 2.86. The third-order valence-corrected chi connectivity index (χ3v) is 8.69. The molecule has 3 N–H and O–H groups in total. The standard InChI is InChI=1S/C27H24ClN3O5S2/c1-18-7-12-22(13-8-18)38(35,36)31-26-16-9-20(17-24(26)28)27(32)29-21-10-14-23(15-11-21)37(33,34)30-25-6-4-3-5-19(25)2/h3-17,30-31H,1-2H3,(H,29,32). The summed E-state index contributed by atoms with van der Waals surface area (Å²) in [5.74, 6) is -0.506. The fourth-order valence-corrected chi connectivity index (χ4v) is 5.97. The van der Waals surface area contributed by atoms with Crippen LogP contribution in [0.15, 0.2) is 101 Å². The highest BCUT2D eigenvalue weighted by atomic mass is 35.5. The number of benzene rings is 4. The summed E-state index contributed by atoms with van der Waals surface area (Å²) >= 11 is 6.26. The number of carbonyl (C=O) groups excluding carboxylic acids is 1. The molecule has 0 aromatic heterocycles. The zero-order valence-corrected chi connectivity index (χ0v) is 22.8. The van der Waals surface area contributed by atoms with Crippen LogP contribution in [0.25, 0.3) is 0 Å². The summed E-state index contributed by atoms with van der Waals surface area (Å²) in [4.78, 5) is 12.9. The Kier molecular flexibility index (Phi) is 7.77. The molecule has 0 spiro atoms. The summed E-state index contributed by atoms with van der Waals surface area (Å²) in [6, 6.07) is 23.2. The molecular formula is C27H24ClN3O5S2. The molecule has 0 radical (unpaired) electrons. The van der Waals surface area contributed by atoms with E-state index in [4.69, 9.17) is 11.6 Å². The highest BCUT2D eigenvalue weighted by Crippen LogP contribution is 2.27. The Hall–Kier alpha value is -3.86. The highest BCUT2D eigenvalue weighted by Gasteiger charge is 2.18. The van der Waals surface area contributed by atoms with E-state index in [2.05, 4.69) is 14.8 Å². The highest BCUT2D eigenvalue weighted by molar-refractivity contribution is 7.93. The number of carbonyl (C=O) groups is 1. The molecule has 4 aromatic carbocycles. The van der Waals surface area contributed by atoms with E-state index < -0.39 is 26.0 Å². The van der Waals surface area contributed by atoms with Crippen molar-refractivity contribution in [2.75, 3.05) is 14.8 Å². The van der Waals surface area contributed by atoms with Gasteiger partial charge in [0, 0.05) is 11.3 Å². The lowest BCUT2D eigenvalue weighted by atomic mass is 10.2. The molecule has 4 rings (SSSR count). The van der Waals surface area contributed by atoms with Crippen LogP contribution in [0.3, 0.4) is 0 Å². The summed E-state index contributed by atoms with van der Waals surface area (Å²) in [6.45, 7) is 3.65. The molecule has 0 unspecified atom stereocenters. The van der Waals surface area contributed by atoms with E-state index >= 15 is 0 Å². The van der Waals surface area contributed by atoms with E-state index in [9.17, 15) is 21.6 Å². The molecule has 0 aliphatic heterocycles. The van der Waals surface area contributed by atoms with Crippen LogP contribution >= 0.6 is 11.6 Å². The molecule has 0 atom stereocenters. The van der Waals surface area contributed by atoms with Gasteiger partial charge in [0.15, 0.2) is 0 Å². The van der Waals surface area contributed by atoms with E-state index in [0.717, 1.165) is 11.1 Å². The average Bonchev–Trinajstić information content (AvgIpc) is 2.87. The molecule has 0 heterocycles. The van der Waals surface area contributed by atoms with Gasteiger partial charge >= 0.3 is 0 Å². The monoisotopic (exact) mass is 569 g/mol. The molecule has 4 aromatic rings. The zero-order valence-electron chi connectivity index (χ0n) is 20.4. The van der Waals surface area contributed by atoms with Crippen molar-refractivity contribution in [1.82, 2.24) is 0 Å². The first-order chi connectivity index (χ1) is 17.9. The van der Waals surface area contributed by atoms with E-state index in [0.29, 0.717) is 11.4 Å². The maximum absolute atomic E-state index is 12.7. The van der Waals surface area contributed by atoms with Gasteiger partial charge in [-0.15, -0.1) is 0 Å². The van der Waals surface area contributed by atoms with Crippen LogP contribution in [0, 0.1) is 13.8 Å². The van der Waals surface area contributed by atoms with Crippen LogP contribution in [0.1, 0.15) is 21.5 Å². The lowest BCUT2D eigenvalue weighted by Crippen LogP contribution is -2.15. The Bertz CT molecular complexity index is 1700. The van der Waals surface area contributed by atoms with Crippen LogP contribution in [0.5, 0.6) is 0 Å². The Morgan fingerprint density at radius 3 is 1.82 bits per heavy atom. The first kappa shape index (κ1) is 27.2. The minimum absolute atomic E-state index is 0.0343. The fourth-order valence-electron chi connectivity index (χ4n) is 3.47. The van der Waals surface area contributed by atoms with Gasteiger partial charge in [-0.1, -0.05) is 47.5 Å². The summed E-state index contributed by atoms with van der Waals surface area (Å²) in [6.07, 6.45) is 0. The van der Waals surface area contributed by atoms with Crippen molar-refractivity contribution in [2.45, 2.75) is 23.6 Å². The van der Waals surface area contributed by atoms with Crippen molar-refractivity contribution < 1.29 is 21.6 Å². The van der Waals surface area contributed by atoms with E-state index in [-0.39, 0.29) is 26.1 Å². The van der Waals surface area contributed by atoms with Crippen molar-refractivity contribution in [1.29, 1.82) is 0 Å². The Morgan fingerprint density at radius 1 is 0.684 bits per heavy atom. The maximum Gasteiger partial charge on any atom is 0.261 e. The number of hydrogen-bond donors (Lipinski definition) is 3. The van der Waals surface area contributed by atoms with Crippen LogP contribution in [0.2, 0.25) is 5.02 Å². The van der Waals surface area contributed by atoms with E-state index in [1.165, 1.54) is 54.6 Å². The van der Waals surface area contributed by atoms with E-state index in [1.807, 2.05) is 13.0 Å². The average molecular weight is 570 g/mol. The maximum atomic E-state index is 12.7. The number of sulfonamides is 2. The molecule has 196 valence electrons. The number of anilines is 3. The number of aryl methyl sites for hydroxylation is 2. The smallest absolute Gasteiger partial charge is 0.261 e. The van der Waals surface area contributed by atoms with Crippen LogP contribution < -0.4 is 14.8 Å². The fraction of sp³-hybridized carbons (Fsp3) is 0.0741. The number of nitrogens with one attached hydrogen (secondary N) is 3. The second-order valence-corrected chi connectivity index (χ2v) is 12.3. The molecular weight excluding hydrogens is 546 g/mol. The molecule has 0 fully saturated rings. The zero-order chi connectivity index (χ0) is 27.5. The summed E-state index contributed by atoms with van der Waals surface area (Å²) in [5, 5.41) is 2.71. The number of amides is 1. The number of rotatable bonds is 8. The van der Waals surface area contributed by atoms with E-state index in [1.54, 1.807) is 37.3 Å². The molecule has 0 aliphatic rings. The number of hydrogen-bond acceptors (Lipinski definition) is 5. The van der Waals surface area contributed by atoms with Gasteiger partial charge in [0.2, 0.25) is 0 Å². The Labute approximate surface area is 226 Å². The van der Waals surface area contributed by atoms with Crippen molar-refractivity contribution >= 4 is 54.6 Å². The van der Waals surface area contributed by atoms with Gasteiger partial charge in [0.05, 0.1) is 26.2 Å². The van der Waals surface area contributed by atoms with Gasteiger partial charge in [-0.05, 0) is 80.1 Å². The minimum atomic E-state index is -3.86. The second-order valence-electron chi connectivity index (χ2n) is 8.51. The topological polar surface area (TPSA) is 121 Å². The first-order valence-electron chi connectivity index (χ1n) is 11.3. The van der Waals surface area contributed by atoms with Gasteiger partial charge in [-0.25, -0.2) is 16.8 Å². The predicted molar refractivity (Wildman–Crippen MR) is 150 cm³/mol. The van der Waals surface area contributed by atoms with Crippen molar-refractivity contribution in [3.8, 4) is 0 Å². The third kappa shape index (κ3) is 6.34. The third-order valence-electron chi connectivity index (χ3n) is 5.62. The van der Waals surface area contributed by atoms with Crippen molar-refractivity contribution in [2.24, 2.45) is 0 Å². The normalized spacial score (nSPS) is 11.6. The molecule has 8 nitrogen and oxygen atoms in total. The summed E-state index contributed by atoms with van der Waals surface area (Å²) < 4.78 is 55.7. The molecule has 0 saturated heterocycles. The lowest BCUT2D eigenvalue weighted by Gasteiger charge is -2.12. The molecule has 0 bridgehead atoms. The Morgan fingerprint density at radius 2 is 1.24 bits per heavy atom. The van der Waals surface area contributed by atoms with Gasteiger partial charge in [-0.2, -0.15) is 0 Å². The Balaban J connectivity index is 1.44.